The van der Waals surface area contributed by atoms with E-state index < -0.39 is 6.10 Å². The second-order valence-corrected chi connectivity index (χ2v) is 8.51. The average molecular weight is 443 g/mol. The van der Waals surface area contributed by atoms with E-state index in [0.29, 0.717) is 22.9 Å². The molecule has 164 valence electrons. The molecule has 1 fully saturated rings. The lowest BCUT2D eigenvalue weighted by atomic mass is 10.0. The third-order valence-electron chi connectivity index (χ3n) is 5.51. The number of imidazole rings is 1. The molecule has 0 aliphatic carbocycles. The molecule has 1 aliphatic heterocycles. The molecule has 2 aromatic carbocycles. The molecular formula is C23H27ClN4O3. The molecule has 1 aromatic heterocycles. The van der Waals surface area contributed by atoms with Crippen LogP contribution >= 0.6 is 11.6 Å². The minimum Gasteiger partial charge on any atom is -0.491 e. The Morgan fingerprint density at radius 1 is 1.29 bits per heavy atom. The maximum absolute atomic E-state index is 12.6. The Hall–Kier alpha value is -2.61. The largest absolute Gasteiger partial charge is 0.491 e. The summed E-state index contributed by atoms with van der Waals surface area (Å²) in [6, 6.07) is 13.2. The summed E-state index contributed by atoms with van der Waals surface area (Å²) in [6.45, 7) is 4.45. The van der Waals surface area contributed by atoms with E-state index in [9.17, 15) is 9.90 Å². The number of nitrogens with one attached hydrogen (secondary N) is 2. The quantitative estimate of drug-likeness (QED) is 0.523. The van der Waals surface area contributed by atoms with Crippen LogP contribution in [0.4, 0.5) is 0 Å². The fourth-order valence-electron chi connectivity index (χ4n) is 3.78. The summed E-state index contributed by atoms with van der Waals surface area (Å²) in [5.41, 5.74) is 2.63. The van der Waals surface area contributed by atoms with Crippen molar-refractivity contribution in [2.24, 2.45) is 0 Å². The fraction of sp³-hybridized carbons (Fsp3) is 0.391. The summed E-state index contributed by atoms with van der Waals surface area (Å²) in [5, 5.41) is 14.0. The number of ether oxygens (including phenoxy) is 1. The van der Waals surface area contributed by atoms with Crippen LogP contribution in [-0.2, 0) is 0 Å². The molecule has 7 nitrogen and oxygen atoms in total. The number of nitrogens with zero attached hydrogens (tertiary/aromatic N) is 2. The number of likely N-dealkylation sites (tertiary alicyclic amines) is 1. The second kappa shape index (κ2) is 9.68. The number of aliphatic hydroxyl groups excluding tert-OH is 1. The van der Waals surface area contributed by atoms with E-state index in [-0.39, 0.29) is 18.6 Å². The first kappa shape index (κ1) is 21.6. The maximum Gasteiger partial charge on any atom is 0.287 e. The SMILES string of the molecule is Cc1ccc(OCC(O)CN2CCC(NC(=O)c3nc4ccc(Cl)cc4[nH]3)CC2)cc1. The summed E-state index contributed by atoms with van der Waals surface area (Å²) in [7, 11) is 0. The smallest absolute Gasteiger partial charge is 0.287 e. The number of hydrogen-bond donors (Lipinski definition) is 3. The maximum atomic E-state index is 12.6. The highest BCUT2D eigenvalue weighted by molar-refractivity contribution is 6.31. The van der Waals surface area contributed by atoms with Gasteiger partial charge in [-0.25, -0.2) is 4.98 Å². The van der Waals surface area contributed by atoms with Gasteiger partial charge < -0.3 is 25.0 Å². The lowest BCUT2D eigenvalue weighted by Crippen LogP contribution is -2.47. The number of halogens is 1. The van der Waals surface area contributed by atoms with E-state index in [1.54, 1.807) is 18.2 Å². The van der Waals surface area contributed by atoms with Crippen LogP contribution in [0.5, 0.6) is 5.75 Å². The fourth-order valence-corrected chi connectivity index (χ4v) is 3.95. The molecule has 0 spiro atoms. The predicted molar refractivity (Wildman–Crippen MR) is 121 cm³/mol. The molecule has 1 unspecified atom stereocenters. The molecule has 1 amide bonds. The van der Waals surface area contributed by atoms with Crippen molar-refractivity contribution in [3.05, 3.63) is 58.9 Å². The van der Waals surface area contributed by atoms with Crippen LogP contribution in [0.3, 0.4) is 0 Å². The van der Waals surface area contributed by atoms with Gasteiger partial charge >= 0.3 is 0 Å². The highest BCUT2D eigenvalue weighted by atomic mass is 35.5. The number of aryl methyl sites for hydroxylation is 1. The van der Waals surface area contributed by atoms with E-state index in [4.69, 9.17) is 16.3 Å². The summed E-state index contributed by atoms with van der Waals surface area (Å²) in [6.07, 6.45) is 1.09. The summed E-state index contributed by atoms with van der Waals surface area (Å²) in [5.74, 6) is 0.847. The zero-order valence-electron chi connectivity index (χ0n) is 17.5. The molecule has 3 aromatic rings. The molecule has 0 saturated carbocycles. The lowest BCUT2D eigenvalue weighted by molar-refractivity contribution is 0.0567. The molecule has 2 heterocycles. The number of H-pyrrole nitrogens is 1. The van der Waals surface area contributed by atoms with Gasteiger partial charge in [-0.15, -0.1) is 0 Å². The van der Waals surface area contributed by atoms with E-state index >= 15 is 0 Å². The van der Waals surface area contributed by atoms with Crippen molar-refractivity contribution >= 4 is 28.5 Å². The molecule has 0 bridgehead atoms. The molecule has 4 rings (SSSR count). The van der Waals surface area contributed by atoms with Crippen molar-refractivity contribution in [1.82, 2.24) is 20.2 Å². The van der Waals surface area contributed by atoms with Crippen LogP contribution in [0.1, 0.15) is 29.0 Å². The number of aliphatic hydroxyl groups is 1. The van der Waals surface area contributed by atoms with Crippen molar-refractivity contribution in [3.63, 3.8) is 0 Å². The summed E-state index contributed by atoms with van der Waals surface area (Å²) >= 11 is 5.99. The Bertz CT molecular complexity index is 1030. The van der Waals surface area contributed by atoms with Crippen LogP contribution in [0.25, 0.3) is 11.0 Å². The minimum absolute atomic E-state index is 0.0847. The van der Waals surface area contributed by atoms with Crippen LogP contribution in [0, 0.1) is 6.92 Å². The number of amides is 1. The van der Waals surface area contributed by atoms with Crippen molar-refractivity contribution < 1.29 is 14.6 Å². The zero-order chi connectivity index (χ0) is 21.8. The van der Waals surface area contributed by atoms with Gasteiger partial charge in [-0.1, -0.05) is 29.3 Å². The molecular weight excluding hydrogens is 416 g/mol. The standard InChI is InChI=1S/C23H27ClN4O3/c1-15-2-5-19(6-3-15)31-14-18(29)13-28-10-8-17(9-11-28)25-23(30)22-26-20-7-4-16(24)12-21(20)27-22/h2-7,12,17-18,29H,8-11,13-14H2,1H3,(H,25,30)(H,26,27). The van der Waals surface area contributed by atoms with Crippen LogP contribution in [-0.4, -0.2) is 64.3 Å². The molecule has 1 atom stereocenters. The highest BCUT2D eigenvalue weighted by Gasteiger charge is 2.24. The number of benzene rings is 2. The third-order valence-corrected chi connectivity index (χ3v) is 5.75. The van der Waals surface area contributed by atoms with Crippen molar-refractivity contribution in [2.75, 3.05) is 26.2 Å². The molecule has 8 heteroatoms. The number of fused-ring (bicyclic) bond motifs is 1. The van der Waals surface area contributed by atoms with Crippen LogP contribution in [0.2, 0.25) is 5.02 Å². The predicted octanol–water partition coefficient (Wildman–Crippen LogP) is 3.16. The molecule has 1 saturated heterocycles. The monoisotopic (exact) mass is 442 g/mol. The van der Waals surface area contributed by atoms with Gasteiger partial charge in [0.15, 0.2) is 5.82 Å². The van der Waals surface area contributed by atoms with E-state index in [1.165, 1.54) is 5.56 Å². The molecule has 3 N–H and O–H groups in total. The van der Waals surface area contributed by atoms with Gasteiger partial charge in [-0.05, 0) is 50.1 Å². The number of rotatable bonds is 7. The number of aromatic nitrogens is 2. The van der Waals surface area contributed by atoms with E-state index in [2.05, 4.69) is 20.2 Å². The molecule has 31 heavy (non-hydrogen) atoms. The first-order valence-electron chi connectivity index (χ1n) is 10.5. The Balaban J connectivity index is 1.20. The Kier molecular flexibility index (Phi) is 6.75. The van der Waals surface area contributed by atoms with Gasteiger partial charge in [0.1, 0.15) is 18.5 Å². The van der Waals surface area contributed by atoms with Crippen LogP contribution in [0.15, 0.2) is 42.5 Å². The number of hydrogen-bond acceptors (Lipinski definition) is 5. The second-order valence-electron chi connectivity index (χ2n) is 8.07. The lowest BCUT2D eigenvalue weighted by Gasteiger charge is -2.33. The summed E-state index contributed by atoms with van der Waals surface area (Å²) in [4.78, 5) is 22.1. The molecule has 1 aliphatic rings. The van der Waals surface area contributed by atoms with Gasteiger partial charge in [0, 0.05) is 30.7 Å². The Morgan fingerprint density at radius 3 is 2.77 bits per heavy atom. The van der Waals surface area contributed by atoms with Crippen molar-refractivity contribution in [2.45, 2.75) is 31.9 Å². The zero-order valence-corrected chi connectivity index (χ0v) is 18.2. The van der Waals surface area contributed by atoms with Gasteiger partial charge in [-0.2, -0.15) is 0 Å². The highest BCUT2D eigenvalue weighted by Crippen LogP contribution is 2.18. The van der Waals surface area contributed by atoms with Gasteiger partial charge in [0.25, 0.3) is 5.91 Å². The number of piperidine rings is 1. The topological polar surface area (TPSA) is 90.5 Å². The Labute approximate surface area is 186 Å². The summed E-state index contributed by atoms with van der Waals surface area (Å²) < 4.78 is 5.67. The van der Waals surface area contributed by atoms with Crippen molar-refractivity contribution in [1.29, 1.82) is 0 Å². The number of carbonyl (C=O) groups excluding carboxylic acids is 1. The normalized spacial score (nSPS) is 16.4. The van der Waals surface area contributed by atoms with Gasteiger partial charge in [0.05, 0.1) is 11.0 Å². The first-order chi connectivity index (χ1) is 15.0. The average Bonchev–Trinajstić information content (AvgIpc) is 3.18. The third kappa shape index (κ3) is 5.76. The number of aromatic amines is 1. The van der Waals surface area contributed by atoms with Gasteiger partial charge in [-0.3, -0.25) is 4.79 Å². The number of carbonyl (C=O) groups is 1. The van der Waals surface area contributed by atoms with Crippen LogP contribution < -0.4 is 10.1 Å². The van der Waals surface area contributed by atoms with Crippen molar-refractivity contribution in [3.8, 4) is 5.75 Å². The van der Waals surface area contributed by atoms with Gasteiger partial charge in [0.2, 0.25) is 0 Å². The van der Waals surface area contributed by atoms with E-state index in [0.717, 1.165) is 37.2 Å². The number of β-amino-alcohol motifs (C(OH)–C–C–N with tert-alkyl or cyclic N) is 1. The van der Waals surface area contributed by atoms with E-state index in [1.807, 2.05) is 31.2 Å². The first-order valence-corrected chi connectivity index (χ1v) is 10.9. The minimum atomic E-state index is -0.560. The Morgan fingerprint density at radius 2 is 2.03 bits per heavy atom. The molecule has 0 radical (unpaired) electrons.